The van der Waals surface area contributed by atoms with Crippen molar-refractivity contribution in [1.29, 1.82) is 0 Å². The summed E-state index contributed by atoms with van der Waals surface area (Å²) in [6, 6.07) is 6.62. The number of carbonyl (C=O) groups excluding carboxylic acids is 2. The van der Waals surface area contributed by atoms with Crippen molar-refractivity contribution in [3.05, 3.63) is 76.4 Å². The van der Waals surface area contributed by atoms with Gasteiger partial charge >= 0.3 is 5.97 Å². The van der Waals surface area contributed by atoms with Crippen molar-refractivity contribution in [2.24, 2.45) is 0 Å². The molecule has 5 heterocycles. The zero-order valence-electron chi connectivity index (χ0n) is 21.8. The molecule has 0 N–H and O–H groups in total. The number of pyridine rings is 1. The fourth-order valence-corrected chi connectivity index (χ4v) is 6.06. The van der Waals surface area contributed by atoms with E-state index in [2.05, 4.69) is 10.1 Å². The summed E-state index contributed by atoms with van der Waals surface area (Å²) in [6.45, 7) is 3.69. The van der Waals surface area contributed by atoms with Gasteiger partial charge in [-0.3, -0.25) is 9.20 Å². The van der Waals surface area contributed by atoms with E-state index in [-0.39, 0.29) is 23.7 Å². The molecular formula is C28H23F2N5O4S. The van der Waals surface area contributed by atoms with Gasteiger partial charge in [-0.25, -0.2) is 23.5 Å². The summed E-state index contributed by atoms with van der Waals surface area (Å²) in [4.78, 5) is 36.4. The monoisotopic (exact) mass is 563 g/mol. The molecule has 0 aliphatic carbocycles. The van der Waals surface area contributed by atoms with Gasteiger partial charge in [-0.2, -0.15) is 0 Å². The second-order valence-electron chi connectivity index (χ2n) is 9.49. The zero-order chi connectivity index (χ0) is 28.1. The van der Waals surface area contributed by atoms with Crippen LogP contribution in [0.4, 0.5) is 14.5 Å². The topological polar surface area (TPSA) is 103 Å². The maximum atomic E-state index is 14.3. The van der Waals surface area contributed by atoms with Gasteiger partial charge in [-0.1, -0.05) is 5.16 Å². The Morgan fingerprint density at radius 3 is 2.70 bits per heavy atom. The maximum absolute atomic E-state index is 14.3. The Hall–Kier alpha value is -4.45. The Morgan fingerprint density at radius 1 is 1.15 bits per heavy atom. The third kappa shape index (κ3) is 4.24. The minimum absolute atomic E-state index is 0.146. The molecule has 1 unspecified atom stereocenters. The van der Waals surface area contributed by atoms with Gasteiger partial charge in [0.2, 0.25) is 5.91 Å². The number of methoxy groups -OCH3 is 1. The lowest BCUT2D eigenvalue weighted by molar-refractivity contribution is -0.120. The highest BCUT2D eigenvalue weighted by atomic mass is 32.1. The molecule has 6 rings (SSSR count). The molecule has 4 aromatic heterocycles. The number of anilines is 1. The van der Waals surface area contributed by atoms with Gasteiger partial charge in [0.25, 0.3) is 0 Å². The SMILES string of the molecule is COC(=O)c1csc(-c2c(C3CCCC(=O)N3c3ccc(F)c(F)c3)nc3cc(-c4c(C)noc4C)ccn23)n1. The molecule has 12 heteroatoms. The first kappa shape index (κ1) is 25.8. The number of hydrogen-bond acceptors (Lipinski definition) is 8. The number of amides is 1. The maximum Gasteiger partial charge on any atom is 0.357 e. The standard InChI is InChI=1S/C28H23F2N5O4S/c1-14-24(15(2)39-33-14)16-9-10-34-22(11-16)32-25(26(34)27-31-20(13-40-27)28(37)38-3)21-5-4-6-23(36)35(21)17-7-8-18(29)19(30)12-17/h7-13,21H,4-6H2,1-3H3. The van der Waals surface area contributed by atoms with E-state index in [4.69, 9.17) is 14.2 Å². The van der Waals surface area contributed by atoms with Crippen LogP contribution in [0.2, 0.25) is 0 Å². The quantitative estimate of drug-likeness (QED) is 0.240. The van der Waals surface area contributed by atoms with Crippen LogP contribution in [0.3, 0.4) is 0 Å². The summed E-state index contributed by atoms with van der Waals surface area (Å²) >= 11 is 1.24. The second kappa shape index (κ2) is 9.94. The van der Waals surface area contributed by atoms with Crippen molar-refractivity contribution in [3.63, 3.8) is 0 Å². The first-order valence-corrected chi connectivity index (χ1v) is 13.4. The molecule has 0 radical (unpaired) electrons. The molecule has 1 aliphatic heterocycles. The molecule has 204 valence electrons. The molecule has 0 bridgehead atoms. The third-order valence-electron chi connectivity index (χ3n) is 7.02. The molecule has 0 spiro atoms. The van der Waals surface area contributed by atoms with Crippen LogP contribution >= 0.6 is 11.3 Å². The minimum Gasteiger partial charge on any atom is -0.464 e. The number of nitrogens with zero attached hydrogens (tertiary/aromatic N) is 5. The van der Waals surface area contributed by atoms with Gasteiger partial charge in [-0.05, 0) is 56.5 Å². The summed E-state index contributed by atoms with van der Waals surface area (Å²) in [5.74, 6) is -2.18. The number of benzene rings is 1. The number of aromatic nitrogens is 4. The number of aryl methyl sites for hydroxylation is 2. The van der Waals surface area contributed by atoms with Crippen LogP contribution < -0.4 is 4.90 Å². The number of piperidine rings is 1. The lowest BCUT2D eigenvalue weighted by Crippen LogP contribution is -2.38. The molecular weight excluding hydrogens is 540 g/mol. The molecule has 1 saturated heterocycles. The molecule has 0 saturated carbocycles. The molecule has 40 heavy (non-hydrogen) atoms. The average Bonchev–Trinajstić information content (AvgIpc) is 3.66. The Kier molecular flexibility index (Phi) is 6.41. The second-order valence-corrected chi connectivity index (χ2v) is 10.3. The van der Waals surface area contributed by atoms with E-state index in [0.717, 1.165) is 29.0 Å². The van der Waals surface area contributed by atoms with Gasteiger partial charge in [0.1, 0.15) is 22.1 Å². The van der Waals surface area contributed by atoms with E-state index in [9.17, 15) is 18.4 Å². The van der Waals surface area contributed by atoms with E-state index >= 15 is 0 Å². The Labute approximate surface area is 231 Å². The molecule has 9 nitrogen and oxygen atoms in total. The number of rotatable bonds is 5. The first-order valence-electron chi connectivity index (χ1n) is 12.5. The summed E-state index contributed by atoms with van der Waals surface area (Å²) in [5, 5.41) is 6.15. The fraction of sp³-hybridized carbons (Fsp3) is 0.250. The van der Waals surface area contributed by atoms with Crippen LogP contribution in [0.1, 0.15) is 52.9 Å². The normalized spacial score (nSPS) is 15.7. The van der Waals surface area contributed by atoms with Gasteiger partial charge in [0.15, 0.2) is 17.3 Å². The van der Waals surface area contributed by atoms with Crippen molar-refractivity contribution in [1.82, 2.24) is 19.5 Å². The van der Waals surface area contributed by atoms with Gasteiger partial charge < -0.3 is 14.2 Å². The van der Waals surface area contributed by atoms with Crippen molar-refractivity contribution in [2.75, 3.05) is 12.0 Å². The van der Waals surface area contributed by atoms with Crippen molar-refractivity contribution < 1.29 is 27.6 Å². The van der Waals surface area contributed by atoms with E-state index in [0.29, 0.717) is 40.6 Å². The predicted octanol–water partition coefficient (Wildman–Crippen LogP) is 6.05. The Morgan fingerprint density at radius 2 is 1.98 bits per heavy atom. The summed E-state index contributed by atoms with van der Waals surface area (Å²) in [5.41, 5.74) is 4.51. The predicted molar refractivity (Wildman–Crippen MR) is 143 cm³/mol. The summed E-state index contributed by atoms with van der Waals surface area (Å²) < 4.78 is 40.1. The number of ether oxygens (including phenoxy) is 1. The number of thiazole rings is 1. The van der Waals surface area contributed by atoms with E-state index < -0.39 is 23.6 Å². The van der Waals surface area contributed by atoms with Gasteiger partial charge in [0.05, 0.1) is 24.5 Å². The molecule has 1 atom stereocenters. The number of fused-ring (bicyclic) bond motifs is 1. The largest absolute Gasteiger partial charge is 0.464 e. The van der Waals surface area contributed by atoms with Crippen molar-refractivity contribution in [2.45, 2.75) is 39.2 Å². The van der Waals surface area contributed by atoms with Gasteiger partial charge in [0, 0.05) is 35.3 Å². The van der Waals surface area contributed by atoms with Crippen LogP contribution in [0.25, 0.3) is 27.5 Å². The molecule has 5 aromatic rings. The summed E-state index contributed by atoms with van der Waals surface area (Å²) in [6.07, 6.45) is 3.23. The number of halogens is 2. The van der Waals surface area contributed by atoms with Crippen LogP contribution in [-0.2, 0) is 9.53 Å². The highest BCUT2D eigenvalue weighted by Crippen LogP contribution is 2.42. The Bertz CT molecular complexity index is 1770. The smallest absolute Gasteiger partial charge is 0.357 e. The average molecular weight is 564 g/mol. The van der Waals surface area contributed by atoms with Crippen molar-refractivity contribution in [3.8, 4) is 21.8 Å². The fourth-order valence-electron chi connectivity index (χ4n) is 5.23. The molecule has 1 aromatic carbocycles. The minimum atomic E-state index is -1.04. The highest BCUT2D eigenvalue weighted by molar-refractivity contribution is 7.13. The summed E-state index contributed by atoms with van der Waals surface area (Å²) in [7, 11) is 1.28. The lowest BCUT2D eigenvalue weighted by Gasteiger charge is -2.35. The van der Waals surface area contributed by atoms with E-state index in [1.807, 2.05) is 36.6 Å². The van der Waals surface area contributed by atoms with Crippen molar-refractivity contribution >= 4 is 34.5 Å². The van der Waals surface area contributed by atoms with Crippen LogP contribution in [0, 0.1) is 25.5 Å². The number of hydrogen-bond donors (Lipinski definition) is 0. The van der Waals surface area contributed by atoms with Crippen LogP contribution in [-0.4, -0.2) is 38.5 Å². The van der Waals surface area contributed by atoms with Crippen LogP contribution in [0.5, 0.6) is 0 Å². The van der Waals surface area contributed by atoms with Crippen LogP contribution in [0.15, 0.2) is 46.4 Å². The molecule has 1 fully saturated rings. The molecule has 1 amide bonds. The number of esters is 1. The highest BCUT2D eigenvalue weighted by Gasteiger charge is 2.36. The lowest BCUT2D eigenvalue weighted by atomic mass is 9.96. The van der Waals surface area contributed by atoms with E-state index in [1.165, 1.54) is 29.4 Å². The van der Waals surface area contributed by atoms with Gasteiger partial charge in [-0.15, -0.1) is 11.3 Å². The molecule has 1 aliphatic rings. The zero-order valence-corrected chi connectivity index (χ0v) is 22.6. The number of imidazole rings is 1. The third-order valence-corrected chi connectivity index (χ3v) is 7.87. The van der Waals surface area contributed by atoms with E-state index in [1.54, 1.807) is 5.38 Å². The Balaban J connectivity index is 1.56. The number of carbonyl (C=O) groups is 2. The first-order chi connectivity index (χ1) is 19.3.